The zero-order valence-electron chi connectivity index (χ0n) is 63.7. The molecule has 594 valence electrons. The topological polar surface area (TPSA) is 307 Å². The van der Waals surface area contributed by atoms with Crippen LogP contribution in [0.15, 0.2) is 0 Å². The number of rotatable bonds is 69. The van der Waals surface area contributed by atoms with Crippen molar-refractivity contribution in [3.8, 4) is 0 Å². The van der Waals surface area contributed by atoms with Crippen LogP contribution in [0, 0.1) is 0 Å². The summed E-state index contributed by atoms with van der Waals surface area (Å²) >= 11 is 0. The van der Waals surface area contributed by atoms with Gasteiger partial charge < -0.3 is 89.9 Å². The summed E-state index contributed by atoms with van der Waals surface area (Å²) in [6.45, 7) is 1.87. The molecule has 3 rings (SSSR count). The van der Waals surface area contributed by atoms with Crippen LogP contribution < -0.4 is 5.32 Å². The van der Waals surface area contributed by atoms with E-state index in [9.17, 15) is 61.0 Å². The molecule has 0 spiro atoms. The highest BCUT2D eigenvalue weighted by Gasteiger charge is 2.54. The van der Waals surface area contributed by atoms with Crippen molar-refractivity contribution < 1.29 is 89.4 Å². The molecule has 0 aromatic rings. The molecule has 3 fully saturated rings. The van der Waals surface area contributed by atoms with Gasteiger partial charge in [-0.25, -0.2) is 0 Å². The summed E-state index contributed by atoms with van der Waals surface area (Å²) in [5.74, 6) is -0.233. The number of hydrogen-bond donors (Lipinski definition) is 12. The molecule has 0 aliphatic carbocycles. The zero-order chi connectivity index (χ0) is 72.5. The molecule has 0 aromatic carbocycles. The molecule has 0 bridgehead atoms. The van der Waals surface area contributed by atoms with Crippen LogP contribution in [0.1, 0.15) is 380 Å². The number of aliphatic hydroxyl groups is 11. The number of ether oxygens (including phenoxy) is 6. The molecule has 17 atom stereocenters. The van der Waals surface area contributed by atoms with Gasteiger partial charge >= 0.3 is 0 Å². The molecule has 12 N–H and O–H groups in total. The summed E-state index contributed by atoms with van der Waals surface area (Å²) in [6.07, 6.45) is 46.6. The van der Waals surface area contributed by atoms with E-state index in [2.05, 4.69) is 19.2 Å². The quantitative estimate of drug-likeness (QED) is 0.0252. The molecule has 3 aliphatic heterocycles. The Balaban J connectivity index is 1.28. The first-order valence-corrected chi connectivity index (χ1v) is 42.3. The number of amides is 1. The standard InChI is InChI=1S/C81H157NO18/c1-3-5-7-9-11-13-15-17-19-21-22-23-24-25-26-27-28-29-30-31-32-33-34-35-36-37-38-39-40-41-43-45-47-49-51-53-55-57-59-69(87)82-64(65(86)58-56-54-52-50-48-46-44-42-20-18-16-14-12-10-8-6-4-2)63-95-79-75(93)72(90)77(67(61-84)97-79)100-81-76(94)73(91)78(68(62-85)98-81)99-80-74(92)71(89)70(88)66(60-83)96-80/h64-68,70-81,83-86,88-94H,3-63H2,1-2H3,(H,82,87). The Morgan fingerprint density at radius 1 is 0.320 bits per heavy atom. The van der Waals surface area contributed by atoms with E-state index >= 15 is 0 Å². The van der Waals surface area contributed by atoms with Crippen molar-refractivity contribution in [2.75, 3.05) is 26.4 Å². The normalized spacial score (nSPS) is 26.4. The number of nitrogens with one attached hydrogen (secondary N) is 1. The molecular formula is C81H157NO18. The van der Waals surface area contributed by atoms with Crippen molar-refractivity contribution in [2.24, 2.45) is 0 Å². The van der Waals surface area contributed by atoms with Crippen LogP contribution in [0.4, 0.5) is 0 Å². The molecule has 3 saturated heterocycles. The Morgan fingerprint density at radius 2 is 0.570 bits per heavy atom. The minimum Gasteiger partial charge on any atom is -0.394 e. The average Bonchev–Trinajstić information content (AvgIpc) is 0.783. The largest absolute Gasteiger partial charge is 0.394 e. The van der Waals surface area contributed by atoms with Crippen LogP contribution in [-0.4, -0.2) is 193 Å². The summed E-state index contributed by atoms with van der Waals surface area (Å²) in [5, 5.41) is 121. The summed E-state index contributed by atoms with van der Waals surface area (Å²) in [5.41, 5.74) is 0. The Bertz CT molecular complexity index is 1810. The number of carbonyl (C=O) groups is 1. The van der Waals surface area contributed by atoms with Gasteiger partial charge in [0.2, 0.25) is 5.91 Å². The number of hydrogen-bond acceptors (Lipinski definition) is 18. The van der Waals surface area contributed by atoms with Gasteiger partial charge in [-0.1, -0.05) is 361 Å². The lowest BCUT2D eigenvalue weighted by atomic mass is 9.96. The Hall–Kier alpha value is -1.21. The van der Waals surface area contributed by atoms with E-state index in [0.29, 0.717) is 12.8 Å². The van der Waals surface area contributed by atoms with Crippen molar-refractivity contribution in [3.05, 3.63) is 0 Å². The van der Waals surface area contributed by atoms with E-state index in [0.717, 1.165) is 44.9 Å². The van der Waals surface area contributed by atoms with Crippen LogP contribution in [0.5, 0.6) is 0 Å². The van der Waals surface area contributed by atoms with Gasteiger partial charge in [-0.05, 0) is 12.8 Å². The van der Waals surface area contributed by atoms with Crippen LogP contribution >= 0.6 is 0 Å². The first-order chi connectivity index (χ1) is 48.8. The van der Waals surface area contributed by atoms with Gasteiger partial charge in [0, 0.05) is 6.42 Å². The molecule has 0 aromatic heterocycles. The SMILES string of the molecule is CCCCCCCCCCCCCCCCCCCCCCCCCCCCCCCCCCCCCCCCC(=O)NC(COC1OC(CO)C(OC2OC(CO)C(OC3OC(CO)C(O)C(O)C3O)C(O)C2O)C(O)C1O)C(O)CCCCCCCCCCCCCCCCCCC. The maximum atomic E-state index is 13.5. The van der Waals surface area contributed by atoms with Gasteiger partial charge in [0.25, 0.3) is 0 Å². The number of unbranched alkanes of at least 4 members (excludes halogenated alkanes) is 53. The third kappa shape index (κ3) is 42.4. The second-order valence-corrected chi connectivity index (χ2v) is 30.7. The molecule has 19 nitrogen and oxygen atoms in total. The van der Waals surface area contributed by atoms with E-state index in [4.69, 9.17) is 28.4 Å². The van der Waals surface area contributed by atoms with E-state index in [-0.39, 0.29) is 18.9 Å². The predicted octanol–water partition coefficient (Wildman–Crippen LogP) is 14.6. The van der Waals surface area contributed by atoms with Crippen molar-refractivity contribution in [2.45, 2.75) is 484 Å². The lowest BCUT2D eigenvalue weighted by molar-refractivity contribution is -0.379. The maximum Gasteiger partial charge on any atom is 0.220 e. The molecule has 3 heterocycles. The van der Waals surface area contributed by atoms with Crippen LogP contribution in [0.25, 0.3) is 0 Å². The number of aliphatic hydroxyl groups excluding tert-OH is 11. The molecule has 1 amide bonds. The van der Waals surface area contributed by atoms with Crippen molar-refractivity contribution >= 4 is 5.91 Å². The zero-order valence-corrected chi connectivity index (χ0v) is 63.7. The Kier molecular flexibility index (Phi) is 58.4. The third-order valence-corrected chi connectivity index (χ3v) is 21.7. The highest BCUT2D eigenvalue weighted by Crippen LogP contribution is 2.34. The second kappa shape index (κ2) is 62.8. The summed E-state index contributed by atoms with van der Waals surface area (Å²) in [6, 6.07) is -0.883. The molecule has 19 heteroatoms. The van der Waals surface area contributed by atoms with Gasteiger partial charge in [0.15, 0.2) is 18.9 Å². The van der Waals surface area contributed by atoms with Crippen LogP contribution in [0.3, 0.4) is 0 Å². The molecule has 17 unspecified atom stereocenters. The minimum absolute atomic E-state index is 0.233. The third-order valence-electron chi connectivity index (χ3n) is 21.7. The fourth-order valence-corrected chi connectivity index (χ4v) is 14.9. The molecule has 0 radical (unpaired) electrons. The first-order valence-electron chi connectivity index (χ1n) is 42.3. The Morgan fingerprint density at radius 3 is 0.870 bits per heavy atom. The molecule has 100 heavy (non-hydrogen) atoms. The molecule has 0 saturated carbocycles. The van der Waals surface area contributed by atoms with Crippen molar-refractivity contribution in [1.29, 1.82) is 0 Å². The maximum absolute atomic E-state index is 13.5. The van der Waals surface area contributed by atoms with Crippen molar-refractivity contribution in [3.63, 3.8) is 0 Å². The van der Waals surface area contributed by atoms with Crippen LogP contribution in [0.2, 0.25) is 0 Å². The fraction of sp³-hybridized carbons (Fsp3) is 0.988. The van der Waals surface area contributed by atoms with E-state index in [1.54, 1.807) is 0 Å². The Labute approximate surface area is 608 Å². The van der Waals surface area contributed by atoms with Gasteiger partial charge in [0.1, 0.15) is 73.2 Å². The van der Waals surface area contributed by atoms with Crippen molar-refractivity contribution in [1.82, 2.24) is 5.32 Å². The second-order valence-electron chi connectivity index (χ2n) is 30.7. The van der Waals surface area contributed by atoms with E-state index in [1.807, 2.05) is 0 Å². The van der Waals surface area contributed by atoms with E-state index < -0.39 is 124 Å². The fourth-order valence-electron chi connectivity index (χ4n) is 14.9. The summed E-state index contributed by atoms with van der Waals surface area (Å²) < 4.78 is 34.5. The molecule has 3 aliphatic rings. The summed E-state index contributed by atoms with van der Waals surface area (Å²) in [4.78, 5) is 13.5. The van der Waals surface area contributed by atoms with Gasteiger partial charge in [-0.15, -0.1) is 0 Å². The monoisotopic (exact) mass is 1430 g/mol. The highest BCUT2D eigenvalue weighted by atomic mass is 16.8. The van der Waals surface area contributed by atoms with Crippen LogP contribution in [-0.2, 0) is 33.2 Å². The van der Waals surface area contributed by atoms with Gasteiger partial charge in [-0.2, -0.15) is 0 Å². The number of carbonyl (C=O) groups excluding carboxylic acids is 1. The molecular weight excluding hydrogens is 1270 g/mol. The minimum atomic E-state index is -1.97. The van der Waals surface area contributed by atoms with E-state index in [1.165, 1.54) is 302 Å². The smallest absolute Gasteiger partial charge is 0.220 e. The van der Waals surface area contributed by atoms with Gasteiger partial charge in [0.05, 0.1) is 38.6 Å². The summed E-state index contributed by atoms with van der Waals surface area (Å²) in [7, 11) is 0. The first kappa shape index (κ1) is 93.0. The lowest BCUT2D eigenvalue weighted by Gasteiger charge is -2.48. The lowest BCUT2D eigenvalue weighted by Crippen LogP contribution is -2.66. The highest BCUT2D eigenvalue weighted by molar-refractivity contribution is 5.76. The predicted molar refractivity (Wildman–Crippen MR) is 397 cm³/mol. The van der Waals surface area contributed by atoms with Gasteiger partial charge in [-0.3, -0.25) is 4.79 Å². The average molecular weight is 1430 g/mol.